The molecule has 2 aromatic rings. The van der Waals surface area contributed by atoms with Gasteiger partial charge in [0.15, 0.2) is 11.6 Å². The van der Waals surface area contributed by atoms with Crippen molar-refractivity contribution < 1.29 is 14.2 Å². The van der Waals surface area contributed by atoms with Crippen LogP contribution in [0.15, 0.2) is 48.0 Å². The zero-order valence-corrected chi connectivity index (χ0v) is 13.8. The predicted octanol–water partition coefficient (Wildman–Crippen LogP) is 5.53. The molecular formula is C20H23FO2. The van der Waals surface area contributed by atoms with E-state index in [9.17, 15) is 9.50 Å². The molecule has 0 saturated heterocycles. The molecule has 0 aliphatic rings. The molecular weight excluding hydrogens is 291 g/mol. The van der Waals surface area contributed by atoms with E-state index in [-0.39, 0.29) is 12.4 Å². The second kappa shape index (κ2) is 7.93. The Bertz CT molecular complexity index is 684. The lowest BCUT2D eigenvalue weighted by atomic mass is 9.94. The van der Waals surface area contributed by atoms with E-state index in [2.05, 4.69) is 13.8 Å². The van der Waals surface area contributed by atoms with Gasteiger partial charge in [-0.15, -0.1) is 0 Å². The van der Waals surface area contributed by atoms with E-state index in [0.29, 0.717) is 11.7 Å². The molecule has 0 aliphatic carbocycles. The van der Waals surface area contributed by atoms with E-state index in [0.717, 1.165) is 23.1 Å². The maximum absolute atomic E-state index is 13.9. The number of hydrogen-bond donors (Lipinski definition) is 1. The minimum absolute atomic E-state index is 0.00205. The lowest BCUT2D eigenvalue weighted by molar-refractivity contribution is 0.329. The van der Waals surface area contributed by atoms with Crippen LogP contribution in [0.1, 0.15) is 44.2 Å². The van der Waals surface area contributed by atoms with Gasteiger partial charge in [-0.3, -0.25) is 0 Å². The Morgan fingerprint density at radius 3 is 2.43 bits per heavy atom. The SMILES string of the molecule is CC/C(=C\c1c(Oc2ccccc2F)cccc1C(C)C)CO. The molecule has 2 nitrogen and oxygen atoms in total. The molecule has 0 aromatic heterocycles. The minimum Gasteiger partial charge on any atom is -0.454 e. The molecule has 0 heterocycles. The summed E-state index contributed by atoms with van der Waals surface area (Å²) in [6.07, 6.45) is 2.70. The average Bonchev–Trinajstić information content (AvgIpc) is 2.55. The van der Waals surface area contributed by atoms with E-state index in [1.54, 1.807) is 18.2 Å². The predicted molar refractivity (Wildman–Crippen MR) is 92.4 cm³/mol. The van der Waals surface area contributed by atoms with E-state index < -0.39 is 5.82 Å². The molecule has 2 aromatic carbocycles. The normalized spacial score (nSPS) is 11.8. The summed E-state index contributed by atoms with van der Waals surface area (Å²) in [6, 6.07) is 12.1. The fourth-order valence-corrected chi connectivity index (χ4v) is 2.42. The average molecular weight is 314 g/mol. The molecule has 0 bridgehead atoms. The maximum Gasteiger partial charge on any atom is 0.165 e. The summed E-state index contributed by atoms with van der Waals surface area (Å²) in [6.45, 7) is 6.20. The summed E-state index contributed by atoms with van der Waals surface area (Å²) in [5.41, 5.74) is 2.92. The standard InChI is InChI=1S/C20H23FO2/c1-4-15(13-22)12-17-16(14(2)3)8-7-11-19(17)23-20-10-6-5-9-18(20)21/h5-12,14,22H,4,13H2,1-3H3/b15-12+. The smallest absolute Gasteiger partial charge is 0.165 e. The number of ether oxygens (including phenoxy) is 1. The van der Waals surface area contributed by atoms with Crippen LogP contribution >= 0.6 is 0 Å². The van der Waals surface area contributed by atoms with Crippen LogP contribution in [0, 0.1) is 5.82 Å². The molecule has 1 N–H and O–H groups in total. The van der Waals surface area contributed by atoms with E-state index in [1.807, 2.05) is 31.2 Å². The third-order valence-corrected chi connectivity index (χ3v) is 3.78. The Morgan fingerprint density at radius 2 is 1.83 bits per heavy atom. The monoisotopic (exact) mass is 314 g/mol. The highest BCUT2D eigenvalue weighted by molar-refractivity contribution is 5.65. The summed E-state index contributed by atoms with van der Waals surface area (Å²) in [5, 5.41) is 9.47. The minimum atomic E-state index is -0.393. The van der Waals surface area contributed by atoms with Gasteiger partial charge in [0, 0.05) is 5.56 Å². The summed E-state index contributed by atoms with van der Waals surface area (Å²) in [5.74, 6) is 0.697. The first-order valence-corrected chi connectivity index (χ1v) is 7.92. The maximum atomic E-state index is 13.9. The highest BCUT2D eigenvalue weighted by atomic mass is 19.1. The second-order valence-electron chi connectivity index (χ2n) is 5.76. The van der Waals surface area contributed by atoms with Crippen LogP contribution in [0.5, 0.6) is 11.5 Å². The van der Waals surface area contributed by atoms with E-state index in [1.165, 1.54) is 6.07 Å². The van der Waals surface area contributed by atoms with Gasteiger partial charge in [0.25, 0.3) is 0 Å². The Kier molecular flexibility index (Phi) is 5.94. The topological polar surface area (TPSA) is 29.5 Å². The quantitative estimate of drug-likeness (QED) is 0.760. The number of rotatable bonds is 6. The molecule has 0 saturated carbocycles. The molecule has 0 unspecified atom stereocenters. The molecule has 122 valence electrons. The van der Waals surface area contributed by atoms with Crippen molar-refractivity contribution in [3.05, 3.63) is 65.0 Å². The van der Waals surface area contributed by atoms with Crippen LogP contribution in [0.25, 0.3) is 6.08 Å². The Balaban J connectivity index is 2.52. The van der Waals surface area contributed by atoms with Gasteiger partial charge in [0.1, 0.15) is 5.75 Å². The number of aliphatic hydroxyl groups excluding tert-OH is 1. The van der Waals surface area contributed by atoms with Gasteiger partial charge in [0.05, 0.1) is 6.61 Å². The van der Waals surface area contributed by atoms with Crippen molar-refractivity contribution in [1.82, 2.24) is 0 Å². The van der Waals surface area contributed by atoms with Crippen molar-refractivity contribution in [1.29, 1.82) is 0 Å². The third-order valence-electron chi connectivity index (χ3n) is 3.78. The van der Waals surface area contributed by atoms with Crippen molar-refractivity contribution in [2.45, 2.75) is 33.1 Å². The van der Waals surface area contributed by atoms with E-state index in [4.69, 9.17) is 4.74 Å². The summed E-state index contributed by atoms with van der Waals surface area (Å²) in [7, 11) is 0. The fourth-order valence-electron chi connectivity index (χ4n) is 2.42. The van der Waals surface area contributed by atoms with Crippen molar-refractivity contribution in [3.63, 3.8) is 0 Å². The molecule has 0 aliphatic heterocycles. The highest BCUT2D eigenvalue weighted by Crippen LogP contribution is 2.34. The largest absolute Gasteiger partial charge is 0.454 e. The van der Waals surface area contributed by atoms with Crippen molar-refractivity contribution in [2.75, 3.05) is 6.61 Å². The molecule has 0 radical (unpaired) electrons. The molecule has 3 heteroatoms. The summed E-state index contributed by atoms with van der Waals surface area (Å²) in [4.78, 5) is 0. The molecule has 2 rings (SSSR count). The Morgan fingerprint density at radius 1 is 1.13 bits per heavy atom. The van der Waals surface area contributed by atoms with Gasteiger partial charge in [-0.05, 0) is 47.8 Å². The van der Waals surface area contributed by atoms with Gasteiger partial charge in [-0.2, -0.15) is 0 Å². The summed E-state index contributed by atoms with van der Waals surface area (Å²) < 4.78 is 19.7. The van der Waals surface area contributed by atoms with Gasteiger partial charge in [0.2, 0.25) is 0 Å². The van der Waals surface area contributed by atoms with Gasteiger partial charge in [-0.25, -0.2) is 4.39 Å². The number of halogens is 1. The first-order valence-electron chi connectivity index (χ1n) is 7.92. The summed E-state index contributed by atoms with van der Waals surface area (Å²) >= 11 is 0. The van der Waals surface area contributed by atoms with Gasteiger partial charge in [-0.1, -0.05) is 45.0 Å². The van der Waals surface area contributed by atoms with Crippen molar-refractivity contribution >= 4 is 6.08 Å². The first kappa shape index (κ1) is 17.2. The van der Waals surface area contributed by atoms with E-state index >= 15 is 0 Å². The van der Waals surface area contributed by atoms with Gasteiger partial charge < -0.3 is 9.84 Å². The van der Waals surface area contributed by atoms with Crippen LogP contribution < -0.4 is 4.74 Å². The van der Waals surface area contributed by atoms with Crippen molar-refractivity contribution in [3.8, 4) is 11.5 Å². The molecule has 0 atom stereocenters. The lowest BCUT2D eigenvalue weighted by Crippen LogP contribution is -1.98. The number of aliphatic hydroxyl groups is 1. The first-order chi connectivity index (χ1) is 11.1. The highest BCUT2D eigenvalue weighted by Gasteiger charge is 2.13. The second-order valence-corrected chi connectivity index (χ2v) is 5.76. The number of hydrogen-bond acceptors (Lipinski definition) is 2. The van der Waals surface area contributed by atoms with Gasteiger partial charge >= 0.3 is 0 Å². The van der Waals surface area contributed by atoms with Crippen LogP contribution in [-0.4, -0.2) is 11.7 Å². The molecule has 0 fully saturated rings. The Labute approximate surface area is 137 Å². The molecule has 0 spiro atoms. The van der Waals surface area contributed by atoms with Crippen LogP contribution in [-0.2, 0) is 0 Å². The molecule has 23 heavy (non-hydrogen) atoms. The van der Waals surface area contributed by atoms with Crippen LogP contribution in [0.3, 0.4) is 0 Å². The fraction of sp³-hybridized carbons (Fsp3) is 0.300. The van der Waals surface area contributed by atoms with Crippen molar-refractivity contribution in [2.24, 2.45) is 0 Å². The Hall–Kier alpha value is -2.13. The zero-order valence-electron chi connectivity index (χ0n) is 13.8. The number of para-hydroxylation sites is 1. The lowest BCUT2D eigenvalue weighted by Gasteiger charge is -2.16. The number of benzene rings is 2. The zero-order chi connectivity index (χ0) is 16.8. The molecule has 0 amide bonds. The van der Waals surface area contributed by atoms with Crippen LogP contribution in [0.2, 0.25) is 0 Å². The van der Waals surface area contributed by atoms with Crippen LogP contribution in [0.4, 0.5) is 4.39 Å². The third kappa shape index (κ3) is 4.20.